The van der Waals surface area contributed by atoms with E-state index >= 15 is 0 Å². The Morgan fingerprint density at radius 3 is 2.44 bits per heavy atom. The number of benzene rings is 1. The number of likely N-dealkylation sites (tertiary alicyclic amines) is 1. The third-order valence-corrected chi connectivity index (χ3v) is 4.37. The van der Waals surface area contributed by atoms with Gasteiger partial charge in [0.2, 0.25) is 11.8 Å². The lowest BCUT2D eigenvalue weighted by atomic mass is 10.1. The van der Waals surface area contributed by atoms with Crippen molar-refractivity contribution < 1.29 is 19.1 Å². The molecule has 0 aliphatic carbocycles. The largest absolute Gasteiger partial charge is 0.444 e. The van der Waals surface area contributed by atoms with Gasteiger partial charge in [-0.1, -0.05) is 30.3 Å². The van der Waals surface area contributed by atoms with Crippen molar-refractivity contribution in [3.63, 3.8) is 0 Å². The van der Waals surface area contributed by atoms with Crippen molar-refractivity contribution in [1.82, 2.24) is 15.5 Å². The van der Waals surface area contributed by atoms with Gasteiger partial charge in [-0.2, -0.15) is 0 Å². The van der Waals surface area contributed by atoms with E-state index in [9.17, 15) is 14.4 Å². The molecule has 1 fully saturated rings. The van der Waals surface area contributed by atoms with Crippen molar-refractivity contribution in [2.24, 2.45) is 5.92 Å². The zero-order valence-corrected chi connectivity index (χ0v) is 16.5. The zero-order chi connectivity index (χ0) is 20.0. The number of amides is 3. The van der Waals surface area contributed by atoms with Crippen molar-refractivity contribution in [3.05, 3.63) is 35.9 Å². The second-order valence-electron chi connectivity index (χ2n) is 7.75. The maximum atomic E-state index is 12.3. The Bertz CT molecular complexity index is 670. The fourth-order valence-corrected chi connectivity index (χ4v) is 3.00. The molecule has 7 heteroatoms. The smallest absolute Gasteiger partial charge is 0.407 e. The second kappa shape index (κ2) is 8.88. The summed E-state index contributed by atoms with van der Waals surface area (Å²) in [6.07, 6.45) is -0.307. The molecule has 0 spiro atoms. The first-order valence-corrected chi connectivity index (χ1v) is 9.26. The van der Waals surface area contributed by atoms with Crippen LogP contribution in [0, 0.1) is 5.92 Å². The van der Waals surface area contributed by atoms with E-state index in [1.54, 1.807) is 25.7 Å². The van der Waals surface area contributed by atoms with E-state index in [1.165, 1.54) is 0 Å². The van der Waals surface area contributed by atoms with Crippen LogP contribution in [0.2, 0.25) is 0 Å². The average Bonchev–Trinajstić information content (AvgIpc) is 2.99. The van der Waals surface area contributed by atoms with Gasteiger partial charge < -0.3 is 20.3 Å². The molecule has 2 N–H and O–H groups in total. The SMILES string of the molecule is CC(c1ccccc1)N1CC(C(=O)NCCNC(=O)OC(C)(C)C)CC1=O. The second-order valence-corrected chi connectivity index (χ2v) is 7.75. The number of rotatable bonds is 6. The predicted octanol–water partition coefficient (Wildman–Crippen LogP) is 2.24. The summed E-state index contributed by atoms with van der Waals surface area (Å²) in [5, 5.41) is 5.36. The van der Waals surface area contributed by atoms with Crippen LogP contribution in [0.1, 0.15) is 45.7 Å². The summed E-state index contributed by atoms with van der Waals surface area (Å²) < 4.78 is 5.13. The van der Waals surface area contributed by atoms with Gasteiger partial charge in [0, 0.05) is 26.1 Å². The number of hydrogen-bond donors (Lipinski definition) is 2. The lowest BCUT2D eigenvalue weighted by Crippen LogP contribution is -2.40. The lowest BCUT2D eigenvalue weighted by molar-refractivity contribution is -0.130. The molecule has 7 nitrogen and oxygen atoms in total. The van der Waals surface area contributed by atoms with E-state index in [1.807, 2.05) is 37.3 Å². The molecule has 148 valence electrons. The molecular formula is C20H29N3O4. The Balaban J connectivity index is 1.76. The maximum absolute atomic E-state index is 12.3. The topological polar surface area (TPSA) is 87.7 Å². The first-order valence-electron chi connectivity index (χ1n) is 9.26. The number of carbonyl (C=O) groups is 3. The molecule has 0 aromatic heterocycles. The molecule has 0 bridgehead atoms. The molecule has 1 aliphatic rings. The monoisotopic (exact) mass is 375 g/mol. The van der Waals surface area contributed by atoms with Gasteiger partial charge in [0.15, 0.2) is 0 Å². The highest BCUT2D eigenvalue weighted by molar-refractivity contribution is 5.89. The third-order valence-electron chi connectivity index (χ3n) is 4.37. The Hall–Kier alpha value is -2.57. The number of hydrogen-bond acceptors (Lipinski definition) is 4. The van der Waals surface area contributed by atoms with Gasteiger partial charge in [-0.05, 0) is 33.3 Å². The van der Waals surface area contributed by atoms with E-state index in [-0.39, 0.29) is 43.3 Å². The standard InChI is InChI=1S/C20H29N3O4/c1-14(15-8-6-5-7-9-15)23-13-16(12-17(23)24)18(25)21-10-11-22-19(26)27-20(2,3)4/h5-9,14,16H,10-13H2,1-4H3,(H,21,25)(H,22,26). The highest BCUT2D eigenvalue weighted by Gasteiger charge is 2.36. The van der Waals surface area contributed by atoms with Gasteiger partial charge >= 0.3 is 6.09 Å². The number of alkyl carbamates (subject to hydrolysis) is 1. The summed E-state index contributed by atoms with van der Waals surface area (Å²) in [5.41, 5.74) is 0.490. The molecule has 1 saturated heterocycles. The van der Waals surface area contributed by atoms with Gasteiger partial charge in [-0.15, -0.1) is 0 Å². The van der Waals surface area contributed by atoms with Crippen LogP contribution in [0.4, 0.5) is 4.79 Å². The molecule has 1 aromatic carbocycles. The number of nitrogens with one attached hydrogen (secondary N) is 2. The highest BCUT2D eigenvalue weighted by atomic mass is 16.6. The summed E-state index contributed by atoms with van der Waals surface area (Å²) in [6, 6.07) is 9.71. The summed E-state index contributed by atoms with van der Waals surface area (Å²) in [4.78, 5) is 38.0. The van der Waals surface area contributed by atoms with Gasteiger partial charge in [0.1, 0.15) is 5.60 Å². The summed E-state index contributed by atoms with van der Waals surface area (Å²) in [7, 11) is 0. The van der Waals surface area contributed by atoms with Crippen LogP contribution in [-0.4, -0.2) is 48.0 Å². The Kier molecular flexibility index (Phi) is 6.82. The van der Waals surface area contributed by atoms with E-state index in [4.69, 9.17) is 4.74 Å². The van der Waals surface area contributed by atoms with Gasteiger partial charge in [0.05, 0.1) is 12.0 Å². The van der Waals surface area contributed by atoms with Crippen LogP contribution in [0.3, 0.4) is 0 Å². The molecule has 0 saturated carbocycles. The molecule has 2 rings (SSSR count). The van der Waals surface area contributed by atoms with Gasteiger partial charge in [0.25, 0.3) is 0 Å². The van der Waals surface area contributed by atoms with Crippen molar-refractivity contribution in [3.8, 4) is 0 Å². The first kappa shape index (κ1) is 20.7. The fourth-order valence-electron chi connectivity index (χ4n) is 3.00. The highest BCUT2D eigenvalue weighted by Crippen LogP contribution is 2.28. The molecule has 2 atom stereocenters. The van der Waals surface area contributed by atoms with Gasteiger partial charge in [-0.3, -0.25) is 9.59 Å². The summed E-state index contributed by atoms with van der Waals surface area (Å²) in [5.74, 6) is -0.555. The fraction of sp³-hybridized carbons (Fsp3) is 0.550. The van der Waals surface area contributed by atoms with Crippen molar-refractivity contribution in [2.45, 2.75) is 45.8 Å². The zero-order valence-electron chi connectivity index (χ0n) is 16.5. The Morgan fingerprint density at radius 1 is 1.19 bits per heavy atom. The van der Waals surface area contributed by atoms with Crippen LogP contribution >= 0.6 is 0 Å². The predicted molar refractivity (Wildman–Crippen MR) is 102 cm³/mol. The molecule has 1 heterocycles. The maximum Gasteiger partial charge on any atom is 0.407 e. The first-order chi connectivity index (χ1) is 12.7. The van der Waals surface area contributed by atoms with Crippen molar-refractivity contribution >= 4 is 17.9 Å². The third kappa shape index (κ3) is 6.27. The Morgan fingerprint density at radius 2 is 1.81 bits per heavy atom. The van der Waals surface area contributed by atoms with Crippen LogP contribution in [0.5, 0.6) is 0 Å². The molecule has 2 unspecified atom stereocenters. The molecule has 0 radical (unpaired) electrons. The van der Waals surface area contributed by atoms with E-state index < -0.39 is 11.7 Å². The van der Waals surface area contributed by atoms with Crippen molar-refractivity contribution in [1.29, 1.82) is 0 Å². The van der Waals surface area contributed by atoms with E-state index in [0.717, 1.165) is 5.56 Å². The van der Waals surface area contributed by atoms with Crippen LogP contribution in [-0.2, 0) is 14.3 Å². The minimum absolute atomic E-state index is 0.0154. The van der Waals surface area contributed by atoms with Crippen LogP contribution in [0.25, 0.3) is 0 Å². The minimum Gasteiger partial charge on any atom is -0.444 e. The summed E-state index contributed by atoms with van der Waals surface area (Å²) in [6.45, 7) is 8.29. The normalized spacial score (nSPS) is 18.1. The number of nitrogens with zero attached hydrogens (tertiary/aromatic N) is 1. The molecule has 3 amide bonds. The van der Waals surface area contributed by atoms with Crippen molar-refractivity contribution in [2.75, 3.05) is 19.6 Å². The Labute approximate surface area is 160 Å². The molecule has 1 aromatic rings. The minimum atomic E-state index is -0.559. The lowest BCUT2D eigenvalue weighted by Gasteiger charge is -2.25. The summed E-state index contributed by atoms with van der Waals surface area (Å²) >= 11 is 0. The quantitative estimate of drug-likeness (QED) is 0.747. The van der Waals surface area contributed by atoms with Crippen LogP contribution < -0.4 is 10.6 Å². The molecule has 27 heavy (non-hydrogen) atoms. The van der Waals surface area contributed by atoms with Crippen LogP contribution in [0.15, 0.2) is 30.3 Å². The number of ether oxygens (including phenoxy) is 1. The number of carbonyl (C=O) groups excluding carboxylic acids is 3. The molecule has 1 aliphatic heterocycles. The van der Waals surface area contributed by atoms with Gasteiger partial charge in [-0.25, -0.2) is 4.79 Å². The van der Waals surface area contributed by atoms with E-state index in [0.29, 0.717) is 6.54 Å². The van der Waals surface area contributed by atoms with E-state index in [2.05, 4.69) is 10.6 Å². The average molecular weight is 375 g/mol. The molecular weight excluding hydrogens is 346 g/mol.